The summed E-state index contributed by atoms with van der Waals surface area (Å²) in [7, 11) is 2.09. The van der Waals surface area contributed by atoms with Crippen LogP contribution in [0.3, 0.4) is 0 Å². The Morgan fingerprint density at radius 3 is 2.62 bits per heavy atom. The lowest BCUT2D eigenvalue weighted by atomic mass is 9.95. The first kappa shape index (κ1) is 14.9. The lowest BCUT2D eigenvalue weighted by Crippen LogP contribution is -2.36. The van der Waals surface area contributed by atoms with Gasteiger partial charge in [0.25, 0.3) is 0 Å². The number of hydrogen-bond acceptors (Lipinski definition) is 3. The fraction of sp³-hybridized carbons (Fsp3) is 0.824. The summed E-state index contributed by atoms with van der Waals surface area (Å²) in [6.07, 6.45) is 9.29. The largest absolute Gasteiger partial charge is 0.353 e. The monoisotopic (exact) mass is 290 g/mol. The van der Waals surface area contributed by atoms with Crippen LogP contribution >= 0.6 is 0 Å². The second-order valence-electron chi connectivity index (χ2n) is 7.14. The van der Waals surface area contributed by atoms with Gasteiger partial charge in [-0.3, -0.25) is 4.68 Å². The molecule has 0 amide bonds. The summed E-state index contributed by atoms with van der Waals surface area (Å²) in [5.41, 5.74) is 8.60. The topological polar surface area (TPSA) is 47.1 Å². The maximum atomic E-state index is 6.07. The molecule has 1 aliphatic carbocycles. The standard InChI is InChI=1S/C17H30N4/c1-12(18)11-15-13(2)19-20(3)17(15)21-10-6-9-16(21)14-7-4-5-8-14/h12,14,16H,4-11,18H2,1-3H3. The Balaban J connectivity index is 1.91. The molecule has 4 nitrogen and oxygen atoms in total. The molecular weight excluding hydrogens is 260 g/mol. The third kappa shape index (κ3) is 2.83. The SMILES string of the molecule is Cc1nn(C)c(N2CCCC2C2CCCC2)c1CC(C)N. The van der Waals surface area contributed by atoms with Crippen molar-refractivity contribution in [3.8, 4) is 0 Å². The first-order chi connectivity index (χ1) is 10.1. The quantitative estimate of drug-likeness (QED) is 0.927. The molecule has 1 saturated heterocycles. The summed E-state index contributed by atoms with van der Waals surface area (Å²) in [6, 6.07) is 0.924. The molecule has 2 fully saturated rings. The molecule has 21 heavy (non-hydrogen) atoms. The number of nitrogens with two attached hydrogens (primary N) is 1. The molecular formula is C17H30N4. The molecule has 0 spiro atoms. The van der Waals surface area contributed by atoms with Gasteiger partial charge in [-0.1, -0.05) is 12.8 Å². The van der Waals surface area contributed by atoms with Crippen molar-refractivity contribution in [3.63, 3.8) is 0 Å². The van der Waals surface area contributed by atoms with Gasteiger partial charge in [0, 0.05) is 31.2 Å². The van der Waals surface area contributed by atoms with Crippen molar-refractivity contribution in [2.24, 2.45) is 18.7 Å². The smallest absolute Gasteiger partial charge is 0.130 e. The van der Waals surface area contributed by atoms with Crippen molar-refractivity contribution >= 4 is 5.82 Å². The van der Waals surface area contributed by atoms with Crippen molar-refractivity contribution in [3.05, 3.63) is 11.3 Å². The molecule has 2 heterocycles. The third-order valence-electron chi connectivity index (χ3n) is 5.35. The lowest BCUT2D eigenvalue weighted by Gasteiger charge is -2.32. The van der Waals surface area contributed by atoms with Crippen molar-refractivity contribution in [2.45, 2.75) is 70.9 Å². The minimum Gasteiger partial charge on any atom is -0.353 e. The van der Waals surface area contributed by atoms with Crippen molar-refractivity contribution in [1.82, 2.24) is 9.78 Å². The van der Waals surface area contributed by atoms with Crippen molar-refractivity contribution < 1.29 is 0 Å². The van der Waals surface area contributed by atoms with Gasteiger partial charge in [-0.2, -0.15) is 5.10 Å². The second-order valence-corrected chi connectivity index (χ2v) is 7.14. The van der Waals surface area contributed by atoms with Crippen LogP contribution in [0.5, 0.6) is 0 Å². The van der Waals surface area contributed by atoms with Gasteiger partial charge in [0.05, 0.1) is 5.69 Å². The Morgan fingerprint density at radius 2 is 1.95 bits per heavy atom. The van der Waals surface area contributed by atoms with E-state index in [4.69, 9.17) is 5.73 Å². The predicted octanol–water partition coefficient (Wildman–Crippen LogP) is 2.78. The average molecular weight is 290 g/mol. The average Bonchev–Trinajstić information content (AvgIpc) is 3.10. The van der Waals surface area contributed by atoms with E-state index in [9.17, 15) is 0 Å². The summed E-state index contributed by atoms with van der Waals surface area (Å²) in [5, 5.41) is 4.69. The van der Waals surface area contributed by atoms with Crippen molar-refractivity contribution in [2.75, 3.05) is 11.4 Å². The first-order valence-corrected chi connectivity index (χ1v) is 8.62. The fourth-order valence-corrected chi connectivity index (χ4v) is 4.50. The number of aromatic nitrogens is 2. The molecule has 1 aliphatic heterocycles. The molecule has 1 aromatic heterocycles. The van der Waals surface area contributed by atoms with Gasteiger partial charge < -0.3 is 10.6 Å². The van der Waals surface area contributed by atoms with E-state index in [-0.39, 0.29) is 6.04 Å². The van der Waals surface area contributed by atoms with Crippen LogP contribution < -0.4 is 10.6 Å². The number of hydrogen-bond donors (Lipinski definition) is 1. The molecule has 0 radical (unpaired) electrons. The highest BCUT2D eigenvalue weighted by Gasteiger charge is 2.36. The van der Waals surface area contributed by atoms with Gasteiger partial charge in [-0.15, -0.1) is 0 Å². The molecule has 118 valence electrons. The van der Waals surface area contributed by atoms with Gasteiger partial charge in [0.1, 0.15) is 5.82 Å². The minimum atomic E-state index is 0.194. The van der Waals surface area contributed by atoms with Crippen LogP contribution in [0.25, 0.3) is 0 Å². The van der Waals surface area contributed by atoms with E-state index in [1.807, 2.05) is 0 Å². The van der Waals surface area contributed by atoms with Gasteiger partial charge >= 0.3 is 0 Å². The van der Waals surface area contributed by atoms with Crippen molar-refractivity contribution in [1.29, 1.82) is 0 Å². The second kappa shape index (κ2) is 5.99. The van der Waals surface area contributed by atoms with E-state index in [0.29, 0.717) is 0 Å². The zero-order chi connectivity index (χ0) is 15.0. The zero-order valence-electron chi connectivity index (χ0n) is 13.8. The van der Waals surface area contributed by atoms with Gasteiger partial charge in [-0.05, 0) is 51.9 Å². The molecule has 2 unspecified atom stereocenters. The lowest BCUT2D eigenvalue weighted by molar-refractivity contribution is 0.426. The van der Waals surface area contributed by atoms with E-state index >= 15 is 0 Å². The molecule has 2 N–H and O–H groups in total. The van der Waals surface area contributed by atoms with Crippen LogP contribution in [0, 0.1) is 12.8 Å². The maximum absolute atomic E-state index is 6.07. The van der Waals surface area contributed by atoms with Gasteiger partial charge in [0.2, 0.25) is 0 Å². The zero-order valence-corrected chi connectivity index (χ0v) is 13.8. The Labute approximate surface area is 128 Å². The Hall–Kier alpha value is -1.03. The van der Waals surface area contributed by atoms with Crippen LogP contribution in [-0.4, -0.2) is 28.4 Å². The number of nitrogens with zero attached hydrogens (tertiary/aromatic N) is 3. The molecule has 2 aliphatic rings. The number of aryl methyl sites for hydroxylation is 2. The number of anilines is 1. The molecule has 3 rings (SSSR count). The summed E-state index contributed by atoms with van der Waals surface area (Å²) in [6.45, 7) is 5.41. The molecule has 1 aromatic rings. The molecule has 1 saturated carbocycles. The molecule has 2 atom stereocenters. The van der Waals surface area contributed by atoms with Crippen LogP contribution in [0.15, 0.2) is 0 Å². The highest BCUT2D eigenvalue weighted by molar-refractivity contribution is 5.52. The Bertz CT molecular complexity index is 485. The molecule has 4 heteroatoms. The predicted molar refractivity (Wildman–Crippen MR) is 87.6 cm³/mol. The number of rotatable bonds is 4. The summed E-state index contributed by atoms with van der Waals surface area (Å²) in [4.78, 5) is 2.66. The highest BCUT2D eigenvalue weighted by Crippen LogP contribution is 2.39. The van der Waals surface area contributed by atoms with Gasteiger partial charge in [-0.25, -0.2) is 0 Å². The first-order valence-electron chi connectivity index (χ1n) is 8.62. The highest BCUT2D eigenvalue weighted by atomic mass is 15.4. The Morgan fingerprint density at radius 1 is 1.24 bits per heavy atom. The molecule has 0 bridgehead atoms. The normalized spacial score (nSPS) is 25.0. The summed E-state index contributed by atoms with van der Waals surface area (Å²) < 4.78 is 2.10. The van der Waals surface area contributed by atoms with E-state index in [1.54, 1.807) is 0 Å². The van der Waals surface area contributed by atoms with E-state index in [1.165, 1.54) is 56.5 Å². The third-order valence-corrected chi connectivity index (χ3v) is 5.35. The molecule has 0 aromatic carbocycles. The van der Waals surface area contributed by atoms with Crippen LogP contribution in [0.1, 0.15) is 56.7 Å². The maximum Gasteiger partial charge on any atom is 0.130 e. The summed E-state index contributed by atoms with van der Waals surface area (Å²) in [5.74, 6) is 2.24. The van der Waals surface area contributed by atoms with Crippen LogP contribution in [-0.2, 0) is 13.5 Å². The van der Waals surface area contributed by atoms with Crippen LogP contribution in [0.2, 0.25) is 0 Å². The van der Waals surface area contributed by atoms with E-state index in [2.05, 4.69) is 35.6 Å². The summed E-state index contributed by atoms with van der Waals surface area (Å²) >= 11 is 0. The van der Waals surface area contributed by atoms with Crippen LogP contribution in [0.4, 0.5) is 5.82 Å². The van der Waals surface area contributed by atoms with E-state index < -0.39 is 0 Å². The van der Waals surface area contributed by atoms with Gasteiger partial charge in [0.15, 0.2) is 0 Å². The fourth-order valence-electron chi connectivity index (χ4n) is 4.50. The Kier molecular flexibility index (Phi) is 4.25. The van der Waals surface area contributed by atoms with E-state index in [0.717, 1.165) is 24.1 Å². The minimum absolute atomic E-state index is 0.194.